The van der Waals surface area contributed by atoms with E-state index in [1.807, 2.05) is 0 Å². The molecule has 2 saturated heterocycles. The monoisotopic (exact) mass is 197 g/mol. The van der Waals surface area contributed by atoms with Crippen LogP contribution in [0.15, 0.2) is 0 Å². The van der Waals surface area contributed by atoms with E-state index in [9.17, 15) is 9.59 Å². The molecule has 0 radical (unpaired) electrons. The van der Waals surface area contributed by atoms with E-state index < -0.39 is 0 Å². The van der Waals surface area contributed by atoms with Crippen molar-refractivity contribution >= 4 is 11.9 Å². The molecule has 2 aliphatic rings. The van der Waals surface area contributed by atoms with E-state index in [1.54, 1.807) is 11.8 Å². The molecule has 0 spiro atoms. The fraction of sp³-hybridized carbons (Fsp3) is 0.800. The Labute approximate surface area is 83.2 Å². The summed E-state index contributed by atoms with van der Waals surface area (Å²) in [6, 6.07) is 0.307. The fourth-order valence-corrected chi connectivity index (χ4v) is 2.40. The zero-order chi connectivity index (χ0) is 10.1. The molecule has 14 heavy (non-hydrogen) atoms. The van der Waals surface area contributed by atoms with Gasteiger partial charge in [0.05, 0.1) is 6.04 Å². The molecule has 2 heterocycles. The maximum absolute atomic E-state index is 11.4. The van der Waals surface area contributed by atoms with Gasteiger partial charge in [-0.25, -0.2) is 4.79 Å². The summed E-state index contributed by atoms with van der Waals surface area (Å²) < 4.78 is 4.99. The summed E-state index contributed by atoms with van der Waals surface area (Å²) in [4.78, 5) is 24.2. The van der Waals surface area contributed by atoms with E-state index in [0.29, 0.717) is 13.0 Å². The Morgan fingerprint density at radius 3 is 3.07 bits per heavy atom. The first kappa shape index (κ1) is 9.49. The van der Waals surface area contributed by atoms with Gasteiger partial charge in [0, 0.05) is 12.5 Å². The molecule has 78 valence electrons. The lowest BCUT2D eigenvalue weighted by Gasteiger charge is -2.34. The number of hydrogen-bond donors (Lipinski definition) is 0. The molecule has 2 aliphatic heterocycles. The first-order valence-electron chi connectivity index (χ1n) is 5.13. The van der Waals surface area contributed by atoms with Crippen LogP contribution in [0.25, 0.3) is 0 Å². The number of nitrogens with zero attached hydrogens (tertiary/aromatic N) is 1. The lowest BCUT2D eigenvalue weighted by molar-refractivity contribution is -0.118. The number of carbonyl (C=O) groups is 2. The quantitative estimate of drug-likeness (QED) is 0.671. The minimum atomic E-state index is -0.235. The van der Waals surface area contributed by atoms with Crippen LogP contribution in [0, 0.1) is 0 Å². The number of carbonyl (C=O) groups excluding carboxylic acids is 2. The van der Waals surface area contributed by atoms with Crippen molar-refractivity contribution in [3.8, 4) is 0 Å². The highest BCUT2D eigenvalue weighted by Crippen LogP contribution is 2.29. The lowest BCUT2D eigenvalue weighted by atomic mass is 9.94. The summed E-state index contributed by atoms with van der Waals surface area (Å²) in [5, 5.41) is 0. The van der Waals surface area contributed by atoms with Gasteiger partial charge in [-0.2, -0.15) is 0 Å². The molecule has 0 bridgehead atoms. The van der Waals surface area contributed by atoms with Crippen molar-refractivity contribution in [2.24, 2.45) is 0 Å². The molecule has 0 unspecified atom stereocenters. The number of fused-ring (bicyclic) bond motifs is 1. The Kier molecular flexibility index (Phi) is 2.44. The third-order valence-corrected chi connectivity index (χ3v) is 2.99. The second kappa shape index (κ2) is 3.59. The Morgan fingerprint density at radius 2 is 2.36 bits per heavy atom. The molecule has 4 nitrogen and oxygen atoms in total. The van der Waals surface area contributed by atoms with Crippen LogP contribution in [0.1, 0.15) is 32.6 Å². The molecule has 0 aliphatic carbocycles. The van der Waals surface area contributed by atoms with Gasteiger partial charge in [0.2, 0.25) is 0 Å². The largest absolute Gasteiger partial charge is 0.447 e. The van der Waals surface area contributed by atoms with Gasteiger partial charge in [-0.1, -0.05) is 0 Å². The average Bonchev–Trinajstić information content (AvgIpc) is 2.48. The SMILES string of the molecule is CC(=O)C[C@@H]1CCC[C@H]2COC(=O)N21. The van der Waals surface area contributed by atoms with Crippen LogP contribution in [0.4, 0.5) is 4.79 Å². The van der Waals surface area contributed by atoms with E-state index in [-0.39, 0.29) is 24.0 Å². The molecule has 2 rings (SSSR count). The van der Waals surface area contributed by atoms with Crippen molar-refractivity contribution in [1.82, 2.24) is 4.90 Å². The number of piperidine rings is 1. The number of rotatable bonds is 2. The summed E-state index contributed by atoms with van der Waals surface area (Å²) >= 11 is 0. The third kappa shape index (κ3) is 1.61. The maximum atomic E-state index is 11.4. The highest BCUT2D eigenvalue weighted by atomic mass is 16.6. The summed E-state index contributed by atoms with van der Waals surface area (Å²) in [7, 11) is 0. The van der Waals surface area contributed by atoms with Gasteiger partial charge < -0.3 is 4.74 Å². The standard InChI is InChI=1S/C10H15NO3/c1-7(12)5-8-3-2-4-9-6-14-10(13)11(8)9/h8-9H,2-6H2,1H3/t8-,9-/m0/s1. The van der Waals surface area contributed by atoms with E-state index in [0.717, 1.165) is 19.3 Å². The third-order valence-electron chi connectivity index (χ3n) is 2.99. The molecule has 0 aromatic heterocycles. The van der Waals surface area contributed by atoms with E-state index in [4.69, 9.17) is 4.74 Å². The normalized spacial score (nSPS) is 31.2. The summed E-state index contributed by atoms with van der Waals surface area (Å²) in [5.41, 5.74) is 0. The van der Waals surface area contributed by atoms with E-state index in [1.165, 1.54) is 0 Å². The zero-order valence-corrected chi connectivity index (χ0v) is 8.36. The number of hydrogen-bond acceptors (Lipinski definition) is 3. The second-order valence-electron chi connectivity index (χ2n) is 4.13. The van der Waals surface area contributed by atoms with Crippen molar-refractivity contribution in [3.05, 3.63) is 0 Å². The lowest BCUT2D eigenvalue weighted by Crippen LogP contribution is -2.46. The molecule has 0 aromatic carbocycles. The van der Waals surface area contributed by atoms with Crippen molar-refractivity contribution in [2.45, 2.75) is 44.7 Å². The second-order valence-corrected chi connectivity index (χ2v) is 4.13. The molecule has 1 amide bonds. The van der Waals surface area contributed by atoms with Crippen molar-refractivity contribution < 1.29 is 14.3 Å². The molecule has 0 saturated carbocycles. The fourth-order valence-electron chi connectivity index (χ4n) is 2.40. The number of cyclic esters (lactones) is 1. The van der Waals surface area contributed by atoms with Crippen LogP contribution >= 0.6 is 0 Å². The van der Waals surface area contributed by atoms with Crippen LogP contribution < -0.4 is 0 Å². The molecule has 2 fully saturated rings. The predicted molar refractivity (Wildman–Crippen MR) is 49.9 cm³/mol. The average molecular weight is 197 g/mol. The molecular weight excluding hydrogens is 182 g/mol. The van der Waals surface area contributed by atoms with Gasteiger partial charge >= 0.3 is 6.09 Å². The van der Waals surface area contributed by atoms with E-state index in [2.05, 4.69) is 0 Å². The Balaban J connectivity index is 2.08. The smallest absolute Gasteiger partial charge is 0.410 e. The molecule has 0 N–H and O–H groups in total. The van der Waals surface area contributed by atoms with Crippen LogP contribution in [-0.2, 0) is 9.53 Å². The van der Waals surface area contributed by atoms with E-state index >= 15 is 0 Å². The van der Waals surface area contributed by atoms with Gasteiger partial charge in [0.15, 0.2) is 0 Å². The minimum Gasteiger partial charge on any atom is -0.447 e. The highest BCUT2D eigenvalue weighted by molar-refractivity contribution is 5.78. The number of Topliss-reactive ketones (excluding diaryl/α,β-unsaturated/α-hetero) is 1. The van der Waals surface area contributed by atoms with Crippen LogP contribution in [-0.4, -0.2) is 35.5 Å². The first-order valence-corrected chi connectivity index (χ1v) is 5.13. The van der Waals surface area contributed by atoms with Crippen molar-refractivity contribution in [2.75, 3.05) is 6.61 Å². The van der Waals surface area contributed by atoms with Crippen molar-refractivity contribution in [1.29, 1.82) is 0 Å². The van der Waals surface area contributed by atoms with Crippen LogP contribution in [0.3, 0.4) is 0 Å². The van der Waals surface area contributed by atoms with Gasteiger partial charge in [0.1, 0.15) is 12.4 Å². The highest BCUT2D eigenvalue weighted by Gasteiger charge is 2.40. The summed E-state index contributed by atoms with van der Waals surface area (Å²) in [6.45, 7) is 2.08. The predicted octanol–water partition coefficient (Wildman–Crippen LogP) is 1.34. The number of ketones is 1. The van der Waals surface area contributed by atoms with Gasteiger partial charge in [-0.3, -0.25) is 9.69 Å². The van der Waals surface area contributed by atoms with Gasteiger partial charge in [-0.15, -0.1) is 0 Å². The summed E-state index contributed by atoms with van der Waals surface area (Å²) in [6.07, 6.45) is 3.29. The minimum absolute atomic E-state index is 0.0845. The molecular formula is C10H15NO3. The first-order chi connectivity index (χ1) is 6.68. The summed E-state index contributed by atoms with van der Waals surface area (Å²) in [5.74, 6) is 0.148. The number of ether oxygens (including phenoxy) is 1. The van der Waals surface area contributed by atoms with Crippen LogP contribution in [0.2, 0.25) is 0 Å². The van der Waals surface area contributed by atoms with Gasteiger partial charge in [0.25, 0.3) is 0 Å². The molecule has 0 aromatic rings. The Bertz CT molecular complexity index is 264. The molecule has 2 atom stereocenters. The Morgan fingerprint density at radius 1 is 1.57 bits per heavy atom. The van der Waals surface area contributed by atoms with Crippen molar-refractivity contribution in [3.63, 3.8) is 0 Å². The van der Waals surface area contributed by atoms with Crippen LogP contribution in [0.5, 0.6) is 0 Å². The van der Waals surface area contributed by atoms with Gasteiger partial charge in [-0.05, 0) is 26.2 Å². The zero-order valence-electron chi connectivity index (χ0n) is 8.36. The maximum Gasteiger partial charge on any atom is 0.410 e. The topological polar surface area (TPSA) is 46.6 Å². The molecule has 4 heteroatoms. The number of amides is 1. The Hall–Kier alpha value is -1.06.